The number of nitrogens with zero attached hydrogens (tertiary/aromatic N) is 1. The summed E-state index contributed by atoms with van der Waals surface area (Å²) in [6.45, 7) is 0. The molecule has 1 amide bonds. The fourth-order valence-electron chi connectivity index (χ4n) is 2.32. The third kappa shape index (κ3) is 3.18. The lowest BCUT2D eigenvalue weighted by molar-refractivity contribution is -0.117. The molecule has 1 aliphatic carbocycles. The first-order valence-corrected chi connectivity index (χ1v) is 8.79. The van der Waals surface area contributed by atoms with Crippen molar-refractivity contribution in [2.24, 2.45) is 0 Å². The van der Waals surface area contributed by atoms with Crippen LogP contribution in [-0.4, -0.2) is 28.6 Å². The van der Waals surface area contributed by atoms with Gasteiger partial charge in [0.15, 0.2) is 0 Å². The van der Waals surface area contributed by atoms with Gasteiger partial charge in [-0.3, -0.25) is 10.1 Å². The van der Waals surface area contributed by atoms with Crippen LogP contribution in [0.1, 0.15) is 23.8 Å². The zero-order chi connectivity index (χ0) is 13.5. The highest BCUT2D eigenvalue weighted by molar-refractivity contribution is 7.99. The molecule has 0 bridgehead atoms. The molecule has 7 heteroatoms. The standard InChI is InChI=1S/C14H15N3OS2.ClH/c18-13(11-6-19-7-15-11)16-9-3-4-10-12(5-9)20-14(17-10)8-1-2-8;/h3-5,8,11,15H,1-2,6-7H2,(H,16,18);1H. The van der Waals surface area contributed by atoms with Crippen LogP contribution in [0.25, 0.3) is 10.2 Å². The van der Waals surface area contributed by atoms with E-state index in [9.17, 15) is 4.79 Å². The van der Waals surface area contributed by atoms with Crippen molar-refractivity contribution < 1.29 is 4.79 Å². The number of benzene rings is 1. The van der Waals surface area contributed by atoms with Gasteiger partial charge in [-0.05, 0) is 31.0 Å². The second kappa shape index (κ2) is 6.12. The lowest BCUT2D eigenvalue weighted by Gasteiger charge is -2.10. The number of thiazole rings is 1. The first-order chi connectivity index (χ1) is 9.79. The first kappa shape index (κ1) is 15.1. The van der Waals surface area contributed by atoms with E-state index < -0.39 is 0 Å². The monoisotopic (exact) mass is 341 g/mol. The Morgan fingerprint density at radius 2 is 2.24 bits per heavy atom. The smallest absolute Gasteiger partial charge is 0.242 e. The predicted molar refractivity (Wildman–Crippen MR) is 91.7 cm³/mol. The van der Waals surface area contributed by atoms with E-state index in [1.165, 1.54) is 22.5 Å². The maximum Gasteiger partial charge on any atom is 0.242 e. The van der Waals surface area contributed by atoms with Crippen LogP contribution in [0, 0.1) is 0 Å². The Bertz CT molecular complexity index is 665. The number of hydrogen-bond acceptors (Lipinski definition) is 5. The van der Waals surface area contributed by atoms with Gasteiger partial charge in [0, 0.05) is 23.2 Å². The fraction of sp³-hybridized carbons (Fsp3) is 0.429. The van der Waals surface area contributed by atoms with E-state index in [-0.39, 0.29) is 24.4 Å². The number of amides is 1. The number of nitrogens with one attached hydrogen (secondary N) is 2. The lowest BCUT2D eigenvalue weighted by Crippen LogP contribution is -2.37. The van der Waals surface area contributed by atoms with Crippen LogP contribution in [0.5, 0.6) is 0 Å². The van der Waals surface area contributed by atoms with Crippen LogP contribution >= 0.6 is 35.5 Å². The molecular formula is C14H16ClN3OS2. The number of anilines is 1. The normalized spacial score (nSPS) is 21.2. The zero-order valence-electron chi connectivity index (χ0n) is 11.3. The largest absolute Gasteiger partial charge is 0.325 e. The Hall–Kier alpha value is -0.820. The highest BCUT2D eigenvalue weighted by Gasteiger charge is 2.27. The van der Waals surface area contributed by atoms with E-state index in [1.54, 1.807) is 23.1 Å². The average molecular weight is 342 g/mol. The van der Waals surface area contributed by atoms with Crippen molar-refractivity contribution in [2.45, 2.75) is 24.8 Å². The molecule has 4 nitrogen and oxygen atoms in total. The number of halogens is 1. The molecule has 1 aromatic heterocycles. The molecule has 2 aromatic rings. The van der Waals surface area contributed by atoms with E-state index in [0.717, 1.165) is 22.8 Å². The number of aromatic nitrogens is 1. The number of fused-ring (bicyclic) bond motifs is 1. The first-order valence-electron chi connectivity index (χ1n) is 6.82. The summed E-state index contributed by atoms with van der Waals surface area (Å²) in [6, 6.07) is 5.92. The van der Waals surface area contributed by atoms with Crippen LogP contribution in [0.15, 0.2) is 18.2 Å². The number of carbonyl (C=O) groups excluding carboxylic acids is 1. The molecule has 1 saturated carbocycles. The van der Waals surface area contributed by atoms with Gasteiger partial charge >= 0.3 is 0 Å². The molecule has 1 saturated heterocycles. The second-order valence-electron chi connectivity index (χ2n) is 5.27. The van der Waals surface area contributed by atoms with Crippen molar-refractivity contribution in [1.82, 2.24) is 10.3 Å². The highest BCUT2D eigenvalue weighted by Crippen LogP contribution is 2.43. The molecule has 1 aliphatic heterocycles. The maximum atomic E-state index is 12.1. The average Bonchev–Trinajstić information content (AvgIpc) is 3.00. The van der Waals surface area contributed by atoms with E-state index >= 15 is 0 Å². The topological polar surface area (TPSA) is 54.0 Å². The summed E-state index contributed by atoms with van der Waals surface area (Å²) in [5, 5.41) is 7.42. The van der Waals surface area contributed by atoms with Crippen LogP contribution < -0.4 is 10.6 Å². The van der Waals surface area contributed by atoms with Crippen molar-refractivity contribution in [1.29, 1.82) is 0 Å². The molecule has 2 aliphatic rings. The fourth-order valence-corrected chi connectivity index (χ4v) is 4.44. The van der Waals surface area contributed by atoms with E-state index in [4.69, 9.17) is 0 Å². The van der Waals surface area contributed by atoms with E-state index in [0.29, 0.717) is 5.92 Å². The second-order valence-corrected chi connectivity index (χ2v) is 7.36. The summed E-state index contributed by atoms with van der Waals surface area (Å²) in [7, 11) is 0. The molecule has 2 N–H and O–H groups in total. The van der Waals surface area contributed by atoms with Crippen LogP contribution in [-0.2, 0) is 4.79 Å². The molecule has 1 atom stereocenters. The van der Waals surface area contributed by atoms with Gasteiger partial charge in [-0.25, -0.2) is 4.98 Å². The lowest BCUT2D eigenvalue weighted by atomic mass is 10.2. The summed E-state index contributed by atoms with van der Waals surface area (Å²) in [5.41, 5.74) is 1.91. The Morgan fingerprint density at radius 1 is 1.38 bits per heavy atom. The number of carbonyl (C=O) groups is 1. The molecule has 112 valence electrons. The van der Waals surface area contributed by atoms with Gasteiger partial charge in [0.05, 0.1) is 21.3 Å². The van der Waals surface area contributed by atoms with Crippen LogP contribution in [0.4, 0.5) is 5.69 Å². The molecule has 4 rings (SSSR count). The Labute approximate surface area is 137 Å². The van der Waals surface area contributed by atoms with Gasteiger partial charge < -0.3 is 5.32 Å². The quantitative estimate of drug-likeness (QED) is 0.900. The SMILES string of the molecule is Cl.O=C(Nc1ccc2nc(C3CC3)sc2c1)C1CSCN1. The summed E-state index contributed by atoms with van der Waals surface area (Å²) >= 11 is 3.52. The predicted octanol–water partition coefficient (Wildman–Crippen LogP) is 3.20. The van der Waals surface area contributed by atoms with Gasteiger partial charge in [-0.1, -0.05) is 0 Å². The summed E-state index contributed by atoms with van der Waals surface area (Å²) in [5.74, 6) is 2.45. The third-order valence-electron chi connectivity index (χ3n) is 3.63. The molecular weight excluding hydrogens is 326 g/mol. The molecule has 0 spiro atoms. The summed E-state index contributed by atoms with van der Waals surface area (Å²) in [6.07, 6.45) is 2.54. The molecule has 1 aromatic carbocycles. The van der Waals surface area contributed by atoms with Crippen molar-refractivity contribution in [2.75, 3.05) is 16.9 Å². The Kier molecular flexibility index (Phi) is 4.40. The number of rotatable bonds is 3. The van der Waals surface area contributed by atoms with Crippen molar-refractivity contribution in [3.63, 3.8) is 0 Å². The summed E-state index contributed by atoms with van der Waals surface area (Å²) in [4.78, 5) is 16.7. The Morgan fingerprint density at radius 3 is 2.95 bits per heavy atom. The molecule has 1 unspecified atom stereocenters. The molecule has 21 heavy (non-hydrogen) atoms. The third-order valence-corrected chi connectivity index (χ3v) is 5.75. The van der Waals surface area contributed by atoms with Gasteiger partial charge in [-0.2, -0.15) is 0 Å². The van der Waals surface area contributed by atoms with Crippen molar-refractivity contribution in [3.05, 3.63) is 23.2 Å². The highest BCUT2D eigenvalue weighted by atomic mass is 35.5. The number of thioether (sulfide) groups is 1. The van der Waals surface area contributed by atoms with Gasteiger partial charge in [0.1, 0.15) is 0 Å². The van der Waals surface area contributed by atoms with Crippen molar-refractivity contribution in [3.8, 4) is 0 Å². The zero-order valence-corrected chi connectivity index (χ0v) is 13.7. The minimum Gasteiger partial charge on any atom is -0.325 e. The van der Waals surface area contributed by atoms with Crippen LogP contribution in [0.3, 0.4) is 0 Å². The van der Waals surface area contributed by atoms with E-state index in [1.807, 2.05) is 18.2 Å². The summed E-state index contributed by atoms with van der Waals surface area (Å²) < 4.78 is 1.17. The molecule has 2 fully saturated rings. The maximum absolute atomic E-state index is 12.1. The molecule has 2 heterocycles. The van der Waals surface area contributed by atoms with Crippen molar-refractivity contribution >= 4 is 57.3 Å². The van der Waals surface area contributed by atoms with Gasteiger partial charge in [0.25, 0.3) is 0 Å². The van der Waals surface area contributed by atoms with Gasteiger partial charge in [-0.15, -0.1) is 35.5 Å². The number of hydrogen-bond donors (Lipinski definition) is 2. The van der Waals surface area contributed by atoms with E-state index in [2.05, 4.69) is 15.6 Å². The Balaban J connectivity index is 0.00000132. The minimum atomic E-state index is -0.0702. The van der Waals surface area contributed by atoms with Crippen LogP contribution in [0.2, 0.25) is 0 Å². The minimum absolute atomic E-state index is 0. The molecule has 0 radical (unpaired) electrons. The van der Waals surface area contributed by atoms with Gasteiger partial charge in [0.2, 0.25) is 5.91 Å².